The molecule has 0 spiro atoms. The van der Waals surface area contributed by atoms with Crippen molar-refractivity contribution in [3.63, 3.8) is 0 Å². The first kappa shape index (κ1) is 28.3. The van der Waals surface area contributed by atoms with Crippen molar-refractivity contribution in [3.8, 4) is 0 Å². The maximum absolute atomic E-state index is 12.5. The fourth-order valence-electron chi connectivity index (χ4n) is 6.23. The lowest BCUT2D eigenvalue weighted by Crippen LogP contribution is -2.45. The van der Waals surface area contributed by atoms with E-state index in [9.17, 15) is 14.4 Å². The van der Waals surface area contributed by atoms with Gasteiger partial charge in [0.2, 0.25) is 0 Å². The number of hydrogen-bond acceptors (Lipinski definition) is 9. The molecule has 0 saturated carbocycles. The van der Waals surface area contributed by atoms with Gasteiger partial charge in [0, 0.05) is 18.4 Å². The van der Waals surface area contributed by atoms with Crippen LogP contribution < -0.4 is 5.32 Å². The number of carbonyl (C=O) groups is 3. The van der Waals surface area contributed by atoms with Crippen LogP contribution in [-0.2, 0) is 39.9 Å². The predicted octanol–water partition coefficient (Wildman–Crippen LogP) is 2.68. The van der Waals surface area contributed by atoms with Gasteiger partial charge in [-0.15, -0.1) is 0 Å². The molecule has 4 fully saturated rings. The number of methoxy groups -OCH3 is 2. The lowest BCUT2D eigenvalue weighted by Gasteiger charge is -2.27. The smallest absolute Gasteiger partial charge is 0.410 e. The van der Waals surface area contributed by atoms with Crippen molar-refractivity contribution in [3.05, 3.63) is 35.9 Å². The minimum atomic E-state index is -0.648. The van der Waals surface area contributed by atoms with Crippen LogP contribution in [0, 0.1) is 11.8 Å². The van der Waals surface area contributed by atoms with Gasteiger partial charge in [-0.3, -0.25) is 9.69 Å². The molecule has 0 aliphatic carbocycles. The molecule has 0 aromatic heterocycles. The summed E-state index contributed by atoms with van der Waals surface area (Å²) in [5, 5.41) is 3.15. The Balaban J connectivity index is 0.000000204. The van der Waals surface area contributed by atoms with Gasteiger partial charge in [-0.25, -0.2) is 9.59 Å². The average Bonchev–Trinajstić information content (AvgIpc) is 3.58. The molecular weight excluding hydrogens is 492 g/mol. The highest BCUT2D eigenvalue weighted by Gasteiger charge is 2.56. The number of benzene rings is 1. The van der Waals surface area contributed by atoms with Gasteiger partial charge in [-0.2, -0.15) is 0 Å². The second-order valence-electron chi connectivity index (χ2n) is 11.6. The summed E-state index contributed by atoms with van der Waals surface area (Å²) >= 11 is 0. The Morgan fingerprint density at radius 2 is 1.53 bits per heavy atom. The van der Waals surface area contributed by atoms with Crippen molar-refractivity contribution in [2.45, 2.75) is 82.6 Å². The summed E-state index contributed by atoms with van der Waals surface area (Å²) in [5.74, 6) is -0.367. The maximum Gasteiger partial charge on any atom is 0.410 e. The van der Waals surface area contributed by atoms with E-state index in [4.69, 9.17) is 23.7 Å². The van der Waals surface area contributed by atoms with E-state index in [0.29, 0.717) is 13.0 Å². The number of hydrogen-bond donors (Lipinski definition) is 1. The van der Waals surface area contributed by atoms with Crippen LogP contribution in [0.4, 0.5) is 4.79 Å². The number of ether oxygens (including phenoxy) is 5. The Kier molecular flexibility index (Phi) is 8.34. The molecular formula is C28H40N2O8. The minimum Gasteiger partial charge on any atom is -0.468 e. The standard InChI is InChI=1S/C18H23NO5.C10H17NO3/c1-18(2)9-13-14(24-18)10-19(15(13)16(20)22-3)17(21)23-11-12-7-5-4-6-8-12;1-10(2)4-6-7(14-10)5-11-8(6)9(12)13-3/h4-8,13-15H,9-11H2,1-3H3;6-8,11H,4-5H2,1-3H3/t13-,14?,15-;6-,7?,8-/m00/s1. The highest BCUT2D eigenvalue weighted by atomic mass is 16.6. The second-order valence-corrected chi connectivity index (χ2v) is 11.6. The van der Waals surface area contributed by atoms with E-state index >= 15 is 0 Å². The summed E-state index contributed by atoms with van der Waals surface area (Å²) in [5.41, 5.74) is 0.517. The number of nitrogens with one attached hydrogen (secondary N) is 1. The molecule has 2 unspecified atom stereocenters. The van der Waals surface area contributed by atoms with E-state index in [1.54, 1.807) is 0 Å². The minimum absolute atomic E-state index is 0.0586. The lowest BCUT2D eigenvalue weighted by molar-refractivity contribution is -0.147. The average molecular weight is 533 g/mol. The Labute approximate surface area is 224 Å². The number of likely N-dealkylation sites (tertiary alicyclic amines) is 1. The molecule has 1 N–H and O–H groups in total. The quantitative estimate of drug-likeness (QED) is 0.462. The van der Waals surface area contributed by atoms with Crippen LogP contribution in [0.25, 0.3) is 0 Å². The van der Waals surface area contributed by atoms with Gasteiger partial charge in [-0.05, 0) is 46.1 Å². The van der Waals surface area contributed by atoms with E-state index in [2.05, 4.69) is 19.2 Å². The topological polar surface area (TPSA) is 113 Å². The zero-order valence-corrected chi connectivity index (χ0v) is 23.1. The van der Waals surface area contributed by atoms with Crippen LogP contribution in [0.1, 0.15) is 46.1 Å². The van der Waals surface area contributed by atoms with Crippen LogP contribution in [0.3, 0.4) is 0 Å². The molecule has 5 rings (SSSR count). The zero-order chi connectivity index (χ0) is 27.7. The van der Waals surface area contributed by atoms with Crippen molar-refractivity contribution >= 4 is 18.0 Å². The fourth-order valence-corrected chi connectivity index (χ4v) is 6.23. The molecule has 10 heteroatoms. The highest BCUT2D eigenvalue weighted by molar-refractivity contribution is 5.83. The van der Waals surface area contributed by atoms with Gasteiger partial charge in [0.05, 0.1) is 44.2 Å². The van der Waals surface area contributed by atoms with Crippen LogP contribution in [0.15, 0.2) is 30.3 Å². The number of rotatable bonds is 4. The molecule has 6 atom stereocenters. The SMILES string of the molecule is COC(=O)[C@@H]1[C@H]2CC(C)(C)OC2CN1C(=O)OCc1ccccc1.COC(=O)[C@H]1NCC2OC(C)(C)C[C@@H]21. The number of fused-ring (bicyclic) bond motifs is 2. The monoisotopic (exact) mass is 532 g/mol. The first-order valence-electron chi connectivity index (χ1n) is 13.2. The first-order valence-corrected chi connectivity index (χ1v) is 13.2. The molecule has 1 aromatic rings. The normalized spacial score (nSPS) is 32.0. The van der Waals surface area contributed by atoms with Crippen LogP contribution in [0.2, 0.25) is 0 Å². The van der Waals surface area contributed by atoms with Gasteiger partial charge in [0.15, 0.2) is 0 Å². The number of carbonyl (C=O) groups excluding carboxylic acids is 3. The predicted molar refractivity (Wildman–Crippen MR) is 137 cm³/mol. The van der Waals surface area contributed by atoms with Gasteiger partial charge in [0.25, 0.3) is 0 Å². The van der Waals surface area contributed by atoms with E-state index in [1.807, 2.05) is 44.2 Å². The summed E-state index contributed by atoms with van der Waals surface area (Å²) in [7, 11) is 2.77. The third kappa shape index (κ3) is 6.13. The number of esters is 2. The third-order valence-corrected chi connectivity index (χ3v) is 7.77. The van der Waals surface area contributed by atoms with Crippen molar-refractivity contribution in [2.75, 3.05) is 27.3 Å². The molecule has 4 heterocycles. The summed E-state index contributed by atoms with van der Waals surface area (Å²) in [4.78, 5) is 37.6. The summed E-state index contributed by atoms with van der Waals surface area (Å²) < 4.78 is 26.9. The Morgan fingerprint density at radius 3 is 2.16 bits per heavy atom. The van der Waals surface area contributed by atoms with Gasteiger partial charge < -0.3 is 29.0 Å². The molecule has 4 saturated heterocycles. The van der Waals surface area contributed by atoms with Crippen LogP contribution in [-0.4, -0.2) is 85.7 Å². The van der Waals surface area contributed by atoms with Crippen molar-refractivity contribution in [1.82, 2.24) is 10.2 Å². The number of nitrogens with zero attached hydrogens (tertiary/aromatic N) is 1. The molecule has 1 amide bonds. The van der Waals surface area contributed by atoms with Crippen molar-refractivity contribution in [1.29, 1.82) is 0 Å². The summed E-state index contributed by atoms with van der Waals surface area (Å²) in [6.07, 6.45) is 1.14. The van der Waals surface area contributed by atoms with Crippen LogP contribution in [0.5, 0.6) is 0 Å². The molecule has 4 aliphatic rings. The highest BCUT2D eigenvalue weighted by Crippen LogP contribution is 2.43. The lowest BCUT2D eigenvalue weighted by atomic mass is 9.90. The summed E-state index contributed by atoms with van der Waals surface area (Å²) in [6, 6.07) is 8.62. The van der Waals surface area contributed by atoms with Gasteiger partial charge in [-0.1, -0.05) is 30.3 Å². The molecule has 38 heavy (non-hydrogen) atoms. The molecule has 0 bridgehead atoms. The third-order valence-electron chi connectivity index (χ3n) is 7.77. The Morgan fingerprint density at radius 1 is 0.921 bits per heavy atom. The van der Waals surface area contributed by atoms with Crippen molar-refractivity contribution in [2.24, 2.45) is 11.8 Å². The van der Waals surface area contributed by atoms with E-state index in [0.717, 1.165) is 18.5 Å². The first-order chi connectivity index (χ1) is 17.9. The zero-order valence-electron chi connectivity index (χ0n) is 23.1. The van der Waals surface area contributed by atoms with E-state index < -0.39 is 18.1 Å². The van der Waals surface area contributed by atoms with E-state index in [1.165, 1.54) is 19.1 Å². The number of amides is 1. The molecule has 1 aromatic carbocycles. The second kappa shape index (κ2) is 11.2. The summed E-state index contributed by atoms with van der Waals surface area (Å²) in [6.45, 7) is 9.41. The molecule has 10 nitrogen and oxygen atoms in total. The van der Waals surface area contributed by atoms with E-state index in [-0.39, 0.29) is 53.9 Å². The van der Waals surface area contributed by atoms with Gasteiger partial charge in [0.1, 0.15) is 18.7 Å². The molecule has 4 aliphatic heterocycles. The maximum atomic E-state index is 12.5. The largest absolute Gasteiger partial charge is 0.468 e. The Bertz CT molecular complexity index is 1010. The Hall–Kier alpha value is -2.69. The van der Waals surface area contributed by atoms with Crippen LogP contribution >= 0.6 is 0 Å². The molecule has 0 radical (unpaired) electrons. The van der Waals surface area contributed by atoms with Gasteiger partial charge >= 0.3 is 18.0 Å². The fraction of sp³-hybridized carbons (Fsp3) is 0.679. The molecule has 210 valence electrons. The van der Waals surface area contributed by atoms with Crippen molar-refractivity contribution < 1.29 is 38.1 Å².